The van der Waals surface area contributed by atoms with Gasteiger partial charge in [-0.1, -0.05) is 57.0 Å². The van der Waals surface area contributed by atoms with E-state index in [-0.39, 0.29) is 0 Å². The van der Waals surface area contributed by atoms with Gasteiger partial charge >= 0.3 is 0 Å². The molecular weight excluding hydrogens is 230 g/mol. The van der Waals surface area contributed by atoms with Crippen molar-refractivity contribution < 1.29 is 0 Å². The van der Waals surface area contributed by atoms with E-state index in [4.69, 9.17) is 0 Å². The highest BCUT2D eigenvalue weighted by molar-refractivity contribution is 5.16. The van der Waals surface area contributed by atoms with Crippen molar-refractivity contribution in [1.29, 1.82) is 0 Å². The Morgan fingerprint density at radius 3 is 2.68 bits per heavy atom. The van der Waals surface area contributed by atoms with E-state index in [1.54, 1.807) is 0 Å². The molecule has 106 valence electrons. The smallest absolute Gasteiger partial charge is 0.0136 e. The molecule has 1 heteroatoms. The Morgan fingerprint density at radius 1 is 1.21 bits per heavy atom. The summed E-state index contributed by atoms with van der Waals surface area (Å²) in [6.07, 6.45) is 8.10. The molecule has 2 rings (SSSR count). The minimum absolute atomic E-state index is 0.671. The standard InChI is InChI=1S/C18H29N/c1-3-12-19-18(14-16-9-5-4-6-10-16)17-11-7-8-15(2)13-17/h4-6,9-10,15,17-19H,3,7-8,11-14H2,1-2H3. The maximum absolute atomic E-state index is 3.81. The second-order valence-corrected chi connectivity index (χ2v) is 6.28. The van der Waals surface area contributed by atoms with Gasteiger partial charge in [-0.3, -0.25) is 0 Å². The lowest BCUT2D eigenvalue weighted by Crippen LogP contribution is -2.40. The summed E-state index contributed by atoms with van der Waals surface area (Å²) >= 11 is 0. The average molecular weight is 259 g/mol. The Morgan fingerprint density at radius 2 is 2.00 bits per heavy atom. The Balaban J connectivity index is 1.98. The molecule has 0 aromatic heterocycles. The molecule has 3 atom stereocenters. The van der Waals surface area contributed by atoms with Crippen LogP contribution in [0.15, 0.2) is 30.3 Å². The second-order valence-electron chi connectivity index (χ2n) is 6.28. The summed E-state index contributed by atoms with van der Waals surface area (Å²) in [5, 5.41) is 3.81. The van der Waals surface area contributed by atoms with Crippen LogP contribution in [-0.2, 0) is 6.42 Å². The van der Waals surface area contributed by atoms with E-state index in [1.807, 2.05) is 0 Å². The Labute approximate surface area is 118 Å². The van der Waals surface area contributed by atoms with Crippen LogP contribution in [0.25, 0.3) is 0 Å². The first kappa shape index (κ1) is 14.6. The zero-order valence-corrected chi connectivity index (χ0v) is 12.6. The summed E-state index contributed by atoms with van der Waals surface area (Å²) in [7, 11) is 0. The van der Waals surface area contributed by atoms with Crippen molar-refractivity contribution in [2.45, 2.75) is 58.4 Å². The van der Waals surface area contributed by atoms with Crippen molar-refractivity contribution in [3.05, 3.63) is 35.9 Å². The van der Waals surface area contributed by atoms with Gasteiger partial charge in [0.1, 0.15) is 0 Å². The molecule has 1 saturated carbocycles. The minimum atomic E-state index is 0.671. The van der Waals surface area contributed by atoms with Crippen molar-refractivity contribution in [2.24, 2.45) is 11.8 Å². The molecule has 0 bridgehead atoms. The van der Waals surface area contributed by atoms with Crippen molar-refractivity contribution in [3.8, 4) is 0 Å². The normalized spacial score (nSPS) is 25.2. The molecule has 0 radical (unpaired) electrons. The molecule has 1 aromatic rings. The monoisotopic (exact) mass is 259 g/mol. The first-order valence-corrected chi connectivity index (χ1v) is 8.07. The lowest BCUT2D eigenvalue weighted by Gasteiger charge is -2.34. The molecule has 1 aliphatic rings. The lowest BCUT2D eigenvalue weighted by molar-refractivity contribution is 0.221. The predicted octanol–water partition coefficient (Wildman–Crippen LogP) is 4.42. The van der Waals surface area contributed by atoms with Gasteiger partial charge < -0.3 is 5.32 Å². The van der Waals surface area contributed by atoms with Gasteiger partial charge in [0.2, 0.25) is 0 Å². The molecule has 0 saturated heterocycles. The quantitative estimate of drug-likeness (QED) is 0.797. The van der Waals surface area contributed by atoms with Crippen LogP contribution in [0.5, 0.6) is 0 Å². The van der Waals surface area contributed by atoms with E-state index in [0.717, 1.165) is 18.4 Å². The molecule has 1 aromatic carbocycles. The van der Waals surface area contributed by atoms with E-state index < -0.39 is 0 Å². The van der Waals surface area contributed by atoms with Crippen LogP contribution in [0.4, 0.5) is 0 Å². The van der Waals surface area contributed by atoms with E-state index in [0.29, 0.717) is 6.04 Å². The maximum Gasteiger partial charge on any atom is 0.0136 e. The SMILES string of the molecule is CCCNC(Cc1ccccc1)C1CCCC(C)C1. The average Bonchev–Trinajstić information content (AvgIpc) is 2.44. The first-order valence-electron chi connectivity index (χ1n) is 8.07. The zero-order valence-electron chi connectivity index (χ0n) is 12.6. The third-order valence-electron chi connectivity index (χ3n) is 4.50. The number of benzene rings is 1. The van der Waals surface area contributed by atoms with Gasteiger partial charge in [0.15, 0.2) is 0 Å². The second kappa shape index (κ2) is 7.69. The third-order valence-corrected chi connectivity index (χ3v) is 4.50. The van der Waals surface area contributed by atoms with Gasteiger partial charge in [-0.25, -0.2) is 0 Å². The molecule has 0 amide bonds. The van der Waals surface area contributed by atoms with Crippen molar-refractivity contribution in [3.63, 3.8) is 0 Å². The van der Waals surface area contributed by atoms with Gasteiger partial charge in [-0.15, -0.1) is 0 Å². The lowest BCUT2D eigenvalue weighted by atomic mass is 9.77. The van der Waals surface area contributed by atoms with Gasteiger partial charge in [0.25, 0.3) is 0 Å². The molecule has 19 heavy (non-hydrogen) atoms. The Bertz CT molecular complexity index is 346. The topological polar surface area (TPSA) is 12.0 Å². The molecule has 1 aliphatic carbocycles. The number of rotatable bonds is 6. The van der Waals surface area contributed by atoms with Crippen LogP contribution in [0.3, 0.4) is 0 Å². The molecule has 0 heterocycles. The van der Waals surface area contributed by atoms with Crippen molar-refractivity contribution >= 4 is 0 Å². The van der Waals surface area contributed by atoms with E-state index in [1.165, 1.54) is 44.1 Å². The summed E-state index contributed by atoms with van der Waals surface area (Å²) in [4.78, 5) is 0. The van der Waals surface area contributed by atoms with Crippen LogP contribution in [-0.4, -0.2) is 12.6 Å². The van der Waals surface area contributed by atoms with Gasteiger partial charge in [-0.2, -0.15) is 0 Å². The molecule has 0 spiro atoms. The molecule has 3 unspecified atom stereocenters. The van der Waals surface area contributed by atoms with Gasteiger partial charge in [0, 0.05) is 6.04 Å². The van der Waals surface area contributed by atoms with Crippen LogP contribution in [0, 0.1) is 11.8 Å². The van der Waals surface area contributed by atoms with Gasteiger partial charge in [-0.05, 0) is 49.6 Å². The van der Waals surface area contributed by atoms with E-state index >= 15 is 0 Å². The number of nitrogens with one attached hydrogen (secondary N) is 1. The highest BCUT2D eigenvalue weighted by Gasteiger charge is 2.26. The Hall–Kier alpha value is -0.820. The van der Waals surface area contributed by atoms with Crippen LogP contribution in [0.2, 0.25) is 0 Å². The third kappa shape index (κ3) is 4.65. The number of hydrogen-bond donors (Lipinski definition) is 1. The molecular formula is C18H29N. The highest BCUT2D eigenvalue weighted by atomic mass is 14.9. The summed E-state index contributed by atoms with van der Waals surface area (Å²) in [5.41, 5.74) is 1.48. The van der Waals surface area contributed by atoms with E-state index in [9.17, 15) is 0 Å². The van der Waals surface area contributed by atoms with Crippen molar-refractivity contribution in [1.82, 2.24) is 5.32 Å². The fourth-order valence-electron chi connectivity index (χ4n) is 3.45. The summed E-state index contributed by atoms with van der Waals surface area (Å²) < 4.78 is 0. The molecule has 0 aliphatic heterocycles. The predicted molar refractivity (Wildman–Crippen MR) is 83.3 cm³/mol. The van der Waals surface area contributed by atoms with E-state index in [2.05, 4.69) is 49.5 Å². The van der Waals surface area contributed by atoms with Crippen LogP contribution >= 0.6 is 0 Å². The number of hydrogen-bond acceptors (Lipinski definition) is 1. The largest absolute Gasteiger partial charge is 0.313 e. The van der Waals surface area contributed by atoms with Crippen molar-refractivity contribution in [2.75, 3.05) is 6.54 Å². The Kier molecular flexibility index (Phi) is 5.91. The van der Waals surface area contributed by atoms with Crippen LogP contribution in [0.1, 0.15) is 51.5 Å². The minimum Gasteiger partial charge on any atom is -0.313 e. The maximum atomic E-state index is 3.81. The van der Waals surface area contributed by atoms with Crippen LogP contribution < -0.4 is 5.32 Å². The highest BCUT2D eigenvalue weighted by Crippen LogP contribution is 2.31. The summed E-state index contributed by atoms with van der Waals surface area (Å²) in [6, 6.07) is 11.6. The molecule has 1 nitrogen and oxygen atoms in total. The zero-order chi connectivity index (χ0) is 13.5. The van der Waals surface area contributed by atoms with Gasteiger partial charge in [0.05, 0.1) is 0 Å². The molecule has 1 N–H and O–H groups in total. The summed E-state index contributed by atoms with van der Waals surface area (Å²) in [5.74, 6) is 1.79. The molecule has 1 fully saturated rings. The summed E-state index contributed by atoms with van der Waals surface area (Å²) in [6.45, 7) is 5.84. The first-order chi connectivity index (χ1) is 9.29. The fraction of sp³-hybridized carbons (Fsp3) is 0.667. The fourth-order valence-corrected chi connectivity index (χ4v) is 3.45.